The number of nitrogens with one attached hydrogen (secondary N) is 1. The number of aliphatic hydroxyl groups excluding tert-OH is 1. The summed E-state index contributed by atoms with van der Waals surface area (Å²) in [6.07, 6.45) is 2.96. The molecule has 3 N–H and O–H groups in total. The van der Waals surface area contributed by atoms with Crippen LogP contribution in [0.3, 0.4) is 0 Å². The van der Waals surface area contributed by atoms with Crippen LogP contribution in [-0.2, 0) is 0 Å². The van der Waals surface area contributed by atoms with Crippen LogP contribution < -0.4 is 5.32 Å². The average molecular weight is 304 g/mol. The van der Waals surface area contributed by atoms with Gasteiger partial charge in [-0.3, -0.25) is 0 Å². The highest BCUT2D eigenvalue weighted by Gasteiger charge is 2.11. The molecular weight excluding hydrogens is 284 g/mol. The Labute approximate surface area is 128 Å². The number of rotatable bonds is 6. The first-order chi connectivity index (χ1) is 10.1. The Hall–Kier alpha value is -1.85. The minimum atomic E-state index is -0.396. The first-order valence-corrected chi connectivity index (χ1v) is 7.78. The summed E-state index contributed by atoms with van der Waals surface area (Å²) in [7, 11) is 0. The summed E-state index contributed by atoms with van der Waals surface area (Å²) in [6, 6.07) is 8.72. The molecule has 0 bridgehead atoms. The first kappa shape index (κ1) is 15.5. The zero-order valence-corrected chi connectivity index (χ0v) is 13.0. The maximum Gasteiger partial charge on any atom is 0.115 e. The fourth-order valence-corrected chi connectivity index (χ4v) is 2.93. The predicted molar refractivity (Wildman–Crippen MR) is 88.8 cm³/mol. The molecule has 1 heterocycles. The van der Waals surface area contributed by atoms with Crippen LogP contribution in [0, 0.1) is 6.92 Å². The number of phenols is 1. The lowest BCUT2D eigenvalue weighted by atomic mass is 10.2. The normalized spacial score (nSPS) is 12.7. The van der Waals surface area contributed by atoms with Gasteiger partial charge in [0.1, 0.15) is 5.75 Å². The second kappa shape index (κ2) is 7.24. The third-order valence-corrected chi connectivity index (χ3v) is 4.24. The lowest BCUT2D eigenvalue weighted by Crippen LogP contribution is -1.93. The van der Waals surface area contributed by atoms with Gasteiger partial charge in [0, 0.05) is 15.4 Å². The van der Waals surface area contributed by atoms with Gasteiger partial charge in [-0.25, -0.2) is 4.99 Å². The molecule has 0 spiro atoms. The van der Waals surface area contributed by atoms with Gasteiger partial charge in [-0.05, 0) is 43.7 Å². The van der Waals surface area contributed by atoms with Gasteiger partial charge in [0.25, 0.3) is 0 Å². The van der Waals surface area contributed by atoms with E-state index >= 15 is 0 Å². The minimum Gasteiger partial charge on any atom is -0.508 e. The van der Waals surface area contributed by atoms with Crippen molar-refractivity contribution in [2.24, 2.45) is 4.99 Å². The maximum absolute atomic E-state index is 10.0. The Morgan fingerprint density at radius 1 is 1.33 bits per heavy atom. The topological polar surface area (TPSA) is 64.9 Å². The lowest BCUT2D eigenvalue weighted by molar-refractivity contribution is 0.170. The smallest absolute Gasteiger partial charge is 0.115 e. The molecule has 0 fully saturated rings. The highest BCUT2D eigenvalue weighted by Crippen LogP contribution is 2.34. The average Bonchev–Trinajstić information content (AvgIpc) is 2.83. The molecule has 0 saturated heterocycles. The SMILES string of the molecule is CCCC(O)c1cc(N=CNc2ccc(O)cc2)c(C)s1. The number of aromatic hydroxyl groups is 1. The van der Waals surface area contributed by atoms with Crippen molar-refractivity contribution < 1.29 is 10.2 Å². The Balaban J connectivity index is 2.02. The van der Waals surface area contributed by atoms with Crippen LogP contribution in [0.1, 0.15) is 35.6 Å². The molecule has 1 unspecified atom stereocenters. The van der Waals surface area contributed by atoms with E-state index < -0.39 is 6.10 Å². The third kappa shape index (κ3) is 4.31. The molecule has 0 aliphatic heterocycles. The van der Waals surface area contributed by atoms with Gasteiger partial charge in [-0.2, -0.15) is 0 Å². The molecule has 112 valence electrons. The number of aryl methyl sites for hydroxylation is 1. The number of hydrogen-bond donors (Lipinski definition) is 3. The van der Waals surface area contributed by atoms with E-state index in [2.05, 4.69) is 17.2 Å². The summed E-state index contributed by atoms with van der Waals surface area (Å²) in [5.41, 5.74) is 1.73. The number of thiophene rings is 1. The van der Waals surface area contributed by atoms with Crippen LogP contribution in [0.2, 0.25) is 0 Å². The van der Waals surface area contributed by atoms with Crippen molar-refractivity contribution in [2.45, 2.75) is 32.8 Å². The van der Waals surface area contributed by atoms with Crippen molar-refractivity contribution in [1.29, 1.82) is 0 Å². The van der Waals surface area contributed by atoms with E-state index in [9.17, 15) is 10.2 Å². The van der Waals surface area contributed by atoms with E-state index in [0.717, 1.165) is 34.0 Å². The van der Waals surface area contributed by atoms with Gasteiger partial charge >= 0.3 is 0 Å². The van der Waals surface area contributed by atoms with E-state index in [0.29, 0.717) is 0 Å². The van der Waals surface area contributed by atoms with Gasteiger partial charge in [-0.1, -0.05) is 13.3 Å². The molecule has 0 amide bonds. The number of nitrogens with zero attached hydrogens (tertiary/aromatic N) is 1. The van der Waals surface area contributed by atoms with E-state index in [4.69, 9.17) is 0 Å². The maximum atomic E-state index is 10.0. The van der Waals surface area contributed by atoms with Crippen LogP contribution in [0.15, 0.2) is 35.3 Å². The van der Waals surface area contributed by atoms with Crippen LogP contribution in [0.4, 0.5) is 11.4 Å². The van der Waals surface area contributed by atoms with Crippen LogP contribution >= 0.6 is 11.3 Å². The number of aliphatic imine (C=N–C) groups is 1. The minimum absolute atomic E-state index is 0.237. The summed E-state index contributed by atoms with van der Waals surface area (Å²) in [5.74, 6) is 0.237. The zero-order chi connectivity index (χ0) is 15.2. The first-order valence-electron chi connectivity index (χ1n) is 6.96. The van der Waals surface area contributed by atoms with Gasteiger partial charge in [0.2, 0.25) is 0 Å². The van der Waals surface area contributed by atoms with E-state index in [1.165, 1.54) is 0 Å². The van der Waals surface area contributed by atoms with Crippen molar-refractivity contribution in [3.63, 3.8) is 0 Å². The summed E-state index contributed by atoms with van der Waals surface area (Å²) in [5, 5.41) is 22.3. The fraction of sp³-hybridized carbons (Fsp3) is 0.312. The molecule has 4 nitrogen and oxygen atoms in total. The Bertz CT molecular complexity index is 605. The summed E-state index contributed by atoms with van der Waals surface area (Å²) < 4.78 is 0. The van der Waals surface area contributed by atoms with Gasteiger partial charge in [0.05, 0.1) is 18.1 Å². The summed E-state index contributed by atoms with van der Waals surface area (Å²) in [6.45, 7) is 4.06. The van der Waals surface area contributed by atoms with Gasteiger partial charge < -0.3 is 15.5 Å². The molecule has 5 heteroatoms. The van der Waals surface area contributed by atoms with Crippen LogP contribution in [-0.4, -0.2) is 16.6 Å². The van der Waals surface area contributed by atoms with Crippen LogP contribution in [0.25, 0.3) is 0 Å². The molecule has 0 aliphatic carbocycles. The van der Waals surface area contributed by atoms with Crippen LogP contribution in [0.5, 0.6) is 5.75 Å². The Kier molecular flexibility index (Phi) is 5.36. The molecule has 1 atom stereocenters. The number of aliphatic hydroxyl groups is 1. The molecule has 0 aliphatic rings. The third-order valence-electron chi connectivity index (χ3n) is 3.10. The van der Waals surface area contributed by atoms with Crippen molar-refractivity contribution in [2.75, 3.05) is 5.32 Å². The molecule has 2 aromatic rings. The van der Waals surface area contributed by atoms with Gasteiger partial charge in [-0.15, -0.1) is 11.3 Å². The van der Waals surface area contributed by atoms with Crippen molar-refractivity contribution >= 4 is 29.1 Å². The van der Waals surface area contributed by atoms with Gasteiger partial charge in [0.15, 0.2) is 0 Å². The second-order valence-electron chi connectivity index (χ2n) is 4.84. The molecule has 0 radical (unpaired) electrons. The lowest BCUT2D eigenvalue weighted by Gasteiger charge is -2.04. The zero-order valence-electron chi connectivity index (χ0n) is 12.2. The fourth-order valence-electron chi connectivity index (χ4n) is 1.94. The molecule has 1 aromatic heterocycles. The summed E-state index contributed by atoms with van der Waals surface area (Å²) >= 11 is 1.59. The second-order valence-corrected chi connectivity index (χ2v) is 6.13. The molecule has 2 rings (SSSR count). The predicted octanol–water partition coefficient (Wildman–Crippen LogP) is 4.37. The molecule has 1 aromatic carbocycles. The van der Waals surface area contributed by atoms with E-state index in [-0.39, 0.29) is 5.75 Å². The molecule has 21 heavy (non-hydrogen) atoms. The Morgan fingerprint density at radius 3 is 2.71 bits per heavy atom. The van der Waals surface area contributed by atoms with Crippen molar-refractivity contribution in [3.05, 3.63) is 40.1 Å². The number of phenolic OH excluding ortho intramolecular Hbond substituents is 1. The van der Waals surface area contributed by atoms with E-state index in [1.54, 1.807) is 41.9 Å². The quantitative estimate of drug-likeness (QED) is 0.422. The highest BCUT2D eigenvalue weighted by molar-refractivity contribution is 7.12. The molecular formula is C16H20N2O2S. The van der Waals surface area contributed by atoms with Crippen molar-refractivity contribution in [3.8, 4) is 5.75 Å². The summed E-state index contributed by atoms with van der Waals surface area (Å²) in [4.78, 5) is 6.44. The Morgan fingerprint density at radius 2 is 2.05 bits per heavy atom. The standard InChI is InChI=1S/C16H20N2O2S/c1-3-4-15(20)16-9-14(11(2)21-16)18-10-17-12-5-7-13(19)8-6-12/h5-10,15,19-20H,3-4H2,1-2H3,(H,17,18). The monoisotopic (exact) mass is 304 g/mol. The number of anilines is 1. The number of benzene rings is 1. The number of hydrogen-bond acceptors (Lipinski definition) is 4. The van der Waals surface area contributed by atoms with Crippen molar-refractivity contribution in [1.82, 2.24) is 0 Å². The largest absolute Gasteiger partial charge is 0.508 e. The molecule has 0 saturated carbocycles. The van der Waals surface area contributed by atoms with E-state index in [1.807, 2.05) is 13.0 Å². The highest BCUT2D eigenvalue weighted by atomic mass is 32.1.